The molecule has 0 bridgehead atoms. The highest BCUT2D eigenvalue weighted by molar-refractivity contribution is 7.80. The molecule has 0 aliphatic heterocycles. The fraction of sp³-hybridized carbons (Fsp3) is 0.278. The first-order chi connectivity index (χ1) is 13.3. The topological polar surface area (TPSA) is 76.7 Å². The molecule has 2 rings (SSSR count). The van der Waals surface area contributed by atoms with Gasteiger partial charge in [-0.2, -0.15) is 0 Å². The zero-order valence-corrected chi connectivity index (χ0v) is 18.5. The first kappa shape index (κ1) is 22.4. The second-order valence-corrected chi connectivity index (χ2v) is 7.68. The normalized spacial score (nSPS) is 10.3. The summed E-state index contributed by atoms with van der Waals surface area (Å²) in [4.78, 5) is 24.9. The van der Waals surface area contributed by atoms with Crippen LogP contribution in [0.15, 0.2) is 18.2 Å². The molecule has 0 saturated heterocycles. The maximum absolute atomic E-state index is 12.4. The van der Waals surface area contributed by atoms with Gasteiger partial charge in [-0.25, -0.2) is 9.59 Å². The Morgan fingerprint density at radius 3 is 2.39 bits per heavy atom. The minimum absolute atomic E-state index is 0.173. The van der Waals surface area contributed by atoms with Gasteiger partial charge >= 0.3 is 11.9 Å². The van der Waals surface area contributed by atoms with Gasteiger partial charge in [0.15, 0.2) is 5.11 Å². The zero-order chi connectivity index (χ0) is 20.8. The fourth-order valence-corrected chi connectivity index (χ4v) is 4.00. The molecule has 0 unspecified atom stereocenters. The molecule has 0 atom stereocenters. The van der Waals surface area contributed by atoms with E-state index in [0.717, 1.165) is 11.3 Å². The first-order valence-electron chi connectivity index (χ1n) is 8.29. The number of thiophene rings is 1. The average Bonchev–Trinajstić information content (AvgIpc) is 2.94. The summed E-state index contributed by atoms with van der Waals surface area (Å²) in [5, 5.41) is 7.31. The summed E-state index contributed by atoms with van der Waals surface area (Å²) in [7, 11) is 0. The van der Waals surface area contributed by atoms with Crippen LogP contribution in [0.1, 0.15) is 39.4 Å². The Morgan fingerprint density at radius 2 is 1.75 bits per heavy atom. The van der Waals surface area contributed by atoms with Gasteiger partial charge in [-0.05, 0) is 56.8 Å². The lowest BCUT2D eigenvalue weighted by atomic mass is 10.1. The minimum atomic E-state index is -0.558. The van der Waals surface area contributed by atoms with Crippen LogP contribution in [0.5, 0.6) is 0 Å². The van der Waals surface area contributed by atoms with E-state index < -0.39 is 11.9 Å². The van der Waals surface area contributed by atoms with Gasteiger partial charge in [0.1, 0.15) is 9.88 Å². The van der Waals surface area contributed by atoms with Crippen molar-refractivity contribution in [2.75, 3.05) is 23.8 Å². The molecule has 0 spiro atoms. The molecule has 1 aromatic heterocycles. The highest BCUT2D eigenvalue weighted by atomic mass is 35.5. The molecule has 0 aliphatic carbocycles. The standard InChI is InChI=1S/C18H18Cl2N2O4S2/c1-4-25-16(23)13-9(3)14(17(24)26-5-2)28-15(13)22-18(27)21-12-8-10(19)6-7-11(12)20/h6-8H,4-5H2,1-3H3,(H2,21,22,27). The van der Waals surface area contributed by atoms with Crippen molar-refractivity contribution in [3.8, 4) is 0 Å². The molecule has 0 radical (unpaired) electrons. The van der Waals surface area contributed by atoms with E-state index in [9.17, 15) is 9.59 Å². The van der Waals surface area contributed by atoms with E-state index in [1.54, 1.807) is 39.0 Å². The Morgan fingerprint density at radius 1 is 1.11 bits per heavy atom. The van der Waals surface area contributed by atoms with Crippen LogP contribution in [0.3, 0.4) is 0 Å². The minimum Gasteiger partial charge on any atom is -0.462 e. The van der Waals surface area contributed by atoms with Crippen molar-refractivity contribution in [2.24, 2.45) is 0 Å². The predicted molar refractivity (Wildman–Crippen MR) is 117 cm³/mol. The summed E-state index contributed by atoms with van der Waals surface area (Å²) in [6.07, 6.45) is 0. The number of hydrogen-bond donors (Lipinski definition) is 2. The summed E-state index contributed by atoms with van der Waals surface area (Å²) in [6, 6.07) is 4.90. The SMILES string of the molecule is CCOC(=O)c1sc(NC(=S)Nc2cc(Cl)ccc2Cl)c(C(=O)OCC)c1C. The van der Waals surface area contributed by atoms with Crippen molar-refractivity contribution in [3.63, 3.8) is 0 Å². The van der Waals surface area contributed by atoms with Gasteiger partial charge in [0.2, 0.25) is 0 Å². The summed E-state index contributed by atoms with van der Waals surface area (Å²) >= 11 is 18.5. The van der Waals surface area contributed by atoms with E-state index in [4.69, 9.17) is 44.9 Å². The molecular weight excluding hydrogens is 443 g/mol. The summed E-state index contributed by atoms with van der Waals surface area (Å²) in [5.41, 5.74) is 1.20. The molecule has 150 valence electrons. The second kappa shape index (κ2) is 10.1. The van der Waals surface area contributed by atoms with E-state index in [0.29, 0.717) is 31.2 Å². The highest BCUT2D eigenvalue weighted by Crippen LogP contribution is 2.35. The number of anilines is 2. The van der Waals surface area contributed by atoms with Gasteiger partial charge < -0.3 is 20.1 Å². The Hall–Kier alpha value is -1.87. The summed E-state index contributed by atoms with van der Waals surface area (Å²) in [6.45, 7) is 5.49. The molecule has 2 N–H and O–H groups in total. The van der Waals surface area contributed by atoms with E-state index in [-0.39, 0.29) is 23.9 Å². The van der Waals surface area contributed by atoms with Gasteiger partial charge in [0, 0.05) is 5.02 Å². The number of carbonyl (C=O) groups is 2. The molecule has 6 nitrogen and oxygen atoms in total. The molecule has 1 aromatic carbocycles. The van der Waals surface area contributed by atoms with Gasteiger partial charge in [0.05, 0.1) is 29.5 Å². The number of esters is 2. The van der Waals surface area contributed by atoms with Crippen molar-refractivity contribution in [1.82, 2.24) is 0 Å². The highest BCUT2D eigenvalue weighted by Gasteiger charge is 2.26. The molecule has 0 saturated carbocycles. The smallest absolute Gasteiger partial charge is 0.348 e. The van der Waals surface area contributed by atoms with Crippen LogP contribution < -0.4 is 10.6 Å². The summed E-state index contributed by atoms with van der Waals surface area (Å²) < 4.78 is 10.2. The van der Waals surface area contributed by atoms with E-state index in [1.165, 1.54) is 0 Å². The number of ether oxygens (including phenoxy) is 2. The van der Waals surface area contributed by atoms with Crippen LogP contribution in [-0.2, 0) is 9.47 Å². The number of benzene rings is 1. The molecule has 1 heterocycles. The van der Waals surface area contributed by atoms with E-state index >= 15 is 0 Å². The number of nitrogens with one attached hydrogen (secondary N) is 2. The number of halogens is 2. The lowest BCUT2D eigenvalue weighted by Gasteiger charge is -2.12. The van der Waals surface area contributed by atoms with Crippen molar-refractivity contribution in [3.05, 3.63) is 44.2 Å². The van der Waals surface area contributed by atoms with E-state index in [2.05, 4.69) is 10.6 Å². The second-order valence-electron chi connectivity index (χ2n) is 5.40. The Labute approximate surface area is 182 Å². The first-order valence-corrected chi connectivity index (χ1v) is 10.3. The monoisotopic (exact) mass is 460 g/mol. The summed E-state index contributed by atoms with van der Waals surface area (Å²) in [5.74, 6) is -1.07. The van der Waals surface area contributed by atoms with Crippen molar-refractivity contribution in [2.45, 2.75) is 20.8 Å². The molecule has 2 aromatic rings. The number of carbonyl (C=O) groups excluding carboxylic acids is 2. The van der Waals surface area contributed by atoms with Crippen LogP contribution in [0.25, 0.3) is 0 Å². The maximum atomic E-state index is 12.4. The van der Waals surface area contributed by atoms with Gasteiger partial charge in [-0.3, -0.25) is 0 Å². The molecule has 0 aliphatic rings. The van der Waals surface area contributed by atoms with Gasteiger partial charge in [-0.15, -0.1) is 11.3 Å². The van der Waals surface area contributed by atoms with Crippen molar-refractivity contribution in [1.29, 1.82) is 0 Å². The predicted octanol–water partition coefficient (Wildman–Crippen LogP) is 5.53. The van der Waals surface area contributed by atoms with Crippen LogP contribution in [0.4, 0.5) is 10.7 Å². The van der Waals surface area contributed by atoms with Crippen LogP contribution in [-0.4, -0.2) is 30.3 Å². The van der Waals surface area contributed by atoms with Gasteiger partial charge in [-0.1, -0.05) is 23.2 Å². The lowest BCUT2D eigenvalue weighted by Crippen LogP contribution is -2.20. The zero-order valence-electron chi connectivity index (χ0n) is 15.4. The van der Waals surface area contributed by atoms with Gasteiger partial charge in [0.25, 0.3) is 0 Å². The molecule has 0 amide bonds. The average molecular weight is 461 g/mol. The van der Waals surface area contributed by atoms with Crippen LogP contribution >= 0.6 is 46.8 Å². The van der Waals surface area contributed by atoms with E-state index in [1.807, 2.05) is 0 Å². The Balaban J connectivity index is 2.33. The fourth-order valence-electron chi connectivity index (χ4n) is 2.29. The number of thiocarbonyl (C=S) groups is 1. The Kier molecular flexibility index (Phi) is 8.06. The van der Waals surface area contributed by atoms with Crippen LogP contribution in [0, 0.1) is 6.92 Å². The molecule has 28 heavy (non-hydrogen) atoms. The molecule has 10 heteroatoms. The largest absolute Gasteiger partial charge is 0.462 e. The maximum Gasteiger partial charge on any atom is 0.348 e. The third-order valence-electron chi connectivity index (χ3n) is 3.49. The quantitative estimate of drug-likeness (QED) is 0.433. The van der Waals surface area contributed by atoms with Crippen molar-refractivity contribution >= 4 is 74.5 Å². The molecule has 0 fully saturated rings. The van der Waals surface area contributed by atoms with Crippen molar-refractivity contribution < 1.29 is 19.1 Å². The lowest BCUT2D eigenvalue weighted by molar-refractivity contribution is 0.0527. The molecular formula is C18H18Cl2N2O4S2. The van der Waals surface area contributed by atoms with Crippen LogP contribution in [0.2, 0.25) is 10.0 Å². The third-order valence-corrected chi connectivity index (χ3v) is 5.45. The number of rotatable bonds is 6. The number of hydrogen-bond acceptors (Lipinski definition) is 6. The third kappa shape index (κ3) is 5.35. The Bertz CT molecular complexity index is 915.